The summed E-state index contributed by atoms with van der Waals surface area (Å²) in [5, 5.41) is 7.44. The van der Waals surface area contributed by atoms with Gasteiger partial charge in [0.05, 0.1) is 12.4 Å². The minimum Gasteiger partial charge on any atom is -0.366 e. The third-order valence-electron chi connectivity index (χ3n) is 7.46. The average molecular weight is 540 g/mol. The van der Waals surface area contributed by atoms with E-state index in [1.54, 1.807) is 18.3 Å². The minimum atomic E-state index is -4.50. The standard InChI is InChI=1S/C28H32F3N7O/c29-28(30,31)24-15-35-26(16-34-24)38-12-4-7-21(17-38)36-22-8-1-2-9-23(22)37-25-14-19(10-11-33-25)18-5-3-6-20(13-18)27(32)39/h3,5-6,10-11,13-16,21-23,36H,1-2,4,7-9,12,17H2,(H2,32,39)(H,33,37)/t21-,22+,23+/m0/s1. The van der Waals surface area contributed by atoms with Crippen LogP contribution >= 0.6 is 0 Å². The molecule has 0 bridgehead atoms. The number of rotatable bonds is 7. The number of piperidine rings is 1. The number of anilines is 2. The van der Waals surface area contributed by atoms with Crippen molar-refractivity contribution in [1.82, 2.24) is 20.3 Å². The van der Waals surface area contributed by atoms with Gasteiger partial charge in [-0.1, -0.05) is 25.0 Å². The van der Waals surface area contributed by atoms with Crippen LogP contribution in [0, 0.1) is 0 Å². The van der Waals surface area contributed by atoms with Gasteiger partial charge >= 0.3 is 6.18 Å². The zero-order valence-corrected chi connectivity index (χ0v) is 21.5. The van der Waals surface area contributed by atoms with Crippen molar-refractivity contribution in [1.29, 1.82) is 0 Å². The van der Waals surface area contributed by atoms with Crippen LogP contribution in [-0.4, -0.2) is 52.1 Å². The summed E-state index contributed by atoms with van der Waals surface area (Å²) >= 11 is 0. The Labute approximate surface area is 225 Å². The van der Waals surface area contributed by atoms with E-state index in [1.165, 1.54) is 6.20 Å². The maximum atomic E-state index is 12.9. The molecule has 3 atom stereocenters. The van der Waals surface area contributed by atoms with Gasteiger partial charge in [-0.25, -0.2) is 15.0 Å². The predicted octanol–water partition coefficient (Wildman–Crippen LogP) is 4.64. The zero-order valence-electron chi connectivity index (χ0n) is 21.5. The number of aromatic nitrogens is 3. The first kappa shape index (κ1) is 26.9. The molecular weight excluding hydrogens is 507 g/mol. The van der Waals surface area contributed by atoms with Crippen LogP contribution in [-0.2, 0) is 6.18 Å². The van der Waals surface area contributed by atoms with Crippen LogP contribution < -0.4 is 21.3 Å². The van der Waals surface area contributed by atoms with Crippen LogP contribution in [0.3, 0.4) is 0 Å². The number of nitrogens with zero attached hydrogens (tertiary/aromatic N) is 4. The van der Waals surface area contributed by atoms with Gasteiger partial charge in [0, 0.05) is 43.0 Å². The normalized spacial score (nSPS) is 21.9. The second kappa shape index (κ2) is 11.6. The van der Waals surface area contributed by atoms with Gasteiger partial charge in [0.1, 0.15) is 11.6 Å². The van der Waals surface area contributed by atoms with Crippen molar-refractivity contribution in [3.63, 3.8) is 0 Å². The third kappa shape index (κ3) is 6.65. The molecule has 0 spiro atoms. The summed E-state index contributed by atoms with van der Waals surface area (Å²) in [7, 11) is 0. The first-order valence-corrected chi connectivity index (χ1v) is 13.3. The van der Waals surface area contributed by atoms with Gasteiger partial charge in [-0.15, -0.1) is 0 Å². The molecule has 11 heteroatoms. The number of benzene rings is 1. The van der Waals surface area contributed by atoms with E-state index in [2.05, 4.69) is 25.6 Å². The summed E-state index contributed by atoms with van der Waals surface area (Å²) in [6.45, 7) is 1.39. The summed E-state index contributed by atoms with van der Waals surface area (Å²) in [6, 6.07) is 11.7. The van der Waals surface area contributed by atoms with Crippen molar-refractivity contribution in [2.45, 2.75) is 62.8 Å². The molecule has 1 saturated heterocycles. The fourth-order valence-corrected chi connectivity index (χ4v) is 5.49. The van der Waals surface area contributed by atoms with Gasteiger partial charge in [0.15, 0.2) is 5.69 Å². The number of hydrogen-bond donors (Lipinski definition) is 3. The smallest absolute Gasteiger partial charge is 0.366 e. The number of pyridine rings is 1. The van der Waals surface area contributed by atoms with Crippen LogP contribution in [0.15, 0.2) is 55.0 Å². The maximum Gasteiger partial charge on any atom is 0.434 e. The minimum absolute atomic E-state index is 0.180. The van der Waals surface area contributed by atoms with Gasteiger partial charge < -0.3 is 21.3 Å². The molecule has 1 aliphatic carbocycles. The molecule has 39 heavy (non-hydrogen) atoms. The fraction of sp³-hybridized carbons (Fsp3) is 0.429. The van der Waals surface area contributed by atoms with E-state index >= 15 is 0 Å². The number of carbonyl (C=O) groups is 1. The molecule has 2 aromatic heterocycles. The highest BCUT2D eigenvalue weighted by Crippen LogP contribution is 2.29. The average Bonchev–Trinajstić information content (AvgIpc) is 2.94. The van der Waals surface area contributed by atoms with Gasteiger partial charge in [-0.2, -0.15) is 13.2 Å². The molecule has 206 valence electrons. The number of alkyl halides is 3. The highest BCUT2D eigenvalue weighted by atomic mass is 19.4. The molecule has 2 aliphatic rings. The Kier molecular flexibility index (Phi) is 7.97. The Morgan fingerprint density at radius 3 is 2.49 bits per heavy atom. The van der Waals surface area contributed by atoms with E-state index < -0.39 is 17.8 Å². The summed E-state index contributed by atoms with van der Waals surface area (Å²) in [4.78, 5) is 25.8. The SMILES string of the molecule is NC(=O)c1cccc(-c2ccnc(N[C@@H]3CCCC[C@H]3N[C@H]3CCCN(c4cnc(C(F)(F)F)cn4)C3)c2)c1. The van der Waals surface area contributed by atoms with Crippen molar-refractivity contribution >= 4 is 17.5 Å². The molecule has 3 aromatic rings. The lowest BCUT2D eigenvalue weighted by Gasteiger charge is -2.40. The van der Waals surface area contributed by atoms with E-state index in [-0.39, 0.29) is 18.1 Å². The molecule has 2 fully saturated rings. The molecule has 1 saturated carbocycles. The van der Waals surface area contributed by atoms with Crippen molar-refractivity contribution in [2.24, 2.45) is 5.73 Å². The van der Waals surface area contributed by atoms with Crippen LogP contribution in [0.1, 0.15) is 54.6 Å². The monoisotopic (exact) mass is 539 g/mol. The Bertz CT molecular complexity index is 1280. The molecule has 1 amide bonds. The highest BCUT2D eigenvalue weighted by Gasteiger charge is 2.34. The molecule has 0 unspecified atom stereocenters. The zero-order chi connectivity index (χ0) is 27.4. The number of hydrogen-bond acceptors (Lipinski definition) is 7. The summed E-state index contributed by atoms with van der Waals surface area (Å²) < 4.78 is 38.6. The number of halogens is 3. The van der Waals surface area contributed by atoms with Gasteiger partial charge in [0.2, 0.25) is 5.91 Å². The number of nitrogens with one attached hydrogen (secondary N) is 2. The molecule has 1 aliphatic heterocycles. The number of amides is 1. The van der Waals surface area contributed by atoms with Crippen LogP contribution in [0.2, 0.25) is 0 Å². The third-order valence-corrected chi connectivity index (χ3v) is 7.46. The molecule has 5 rings (SSSR count). The van der Waals surface area contributed by atoms with Gasteiger partial charge in [0.25, 0.3) is 0 Å². The first-order chi connectivity index (χ1) is 18.8. The van der Waals surface area contributed by atoms with Gasteiger partial charge in [-0.3, -0.25) is 4.79 Å². The number of primary amides is 1. The lowest BCUT2D eigenvalue weighted by atomic mass is 9.89. The second-order valence-corrected chi connectivity index (χ2v) is 10.2. The number of carbonyl (C=O) groups excluding carboxylic acids is 1. The fourth-order valence-electron chi connectivity index (χ4n) is 5.49. The second-order valence-electron chi connectivity index (χ2n) is 10.2. The molecule has 3 heterocycles. The maximum absolute atomic E-state index is 12.9. The molecule has 0 radical (unpaired) electrons. The lowest BCUT2D eigenvalue weighted by Crippen LogP contribution is -2.55. The molecular formula is C28H32F3N7O. The topological polar surface area (TPSA) is 109 Å². The Morgan fingerprint density at radius 1 is 0.949 bits per heavy atom. The van der Waals surface area contributed by atoms with Crippen molar-refractivity contribution in [2.75, 3.05) is 23.3 Å². The largest absolute Gasteiger partial charge is 0.434 e. The van der Waals surface area contributed by atoms with E-state index in [0.29, 0.717) is 17.9 Å². The number of nitrogens with two attached hydrogens (primary N) is 1. The Morgan fingerprint density at radius 2 is 1.74 bits per heavy atom. The van der Waals surface area contributed by atoms with E-state index in [9.17, 15) is 18.0 Å². The van der Waals surface area contributed by atoms with Crippen LogP contribution in [0.4, 0.5) is 24.8 Å². The van der Waals surface area contributed by atoms with Crippen molar-refractivity contribution in [3.05, 3.63) is 66.2 Å². The Balaban J connectivity index is 1.24. The lowest BCUT2D eigenvalue weighted by molar-refractivity contribution is -0.141. The summed E-state index contributed by atoms with van der Waals surface area (Å²) in [5.41, 5.74) is 6.76. The summed E-state index contributed by atoms with van der Waals surface area (Å²) in [5.74, 6) is 0.766. The summed E-state index contributed by atoms with van der Waals surface area (Å²) in [6.07, 6.45) is 5.45. The van der Waals surface area contributed by atoms with Crippen molar-refractivity contribution in [3.8, 4) is 11.1 Å². The molecule has 8 nitrogen and oxygen atoms in total. The molecule has 4 N–H and O–H groups in total. The highest BCUT2D eigenvalue weighted by molar-refractivity contribution is 5.94. The van der Waals surface area contributed by atoms with Crippen LogP contribution in [0.25, 0.3) is 11.1 Å². The quantitative estimate of drug-likeness (QED) is 0.401. The van der Waals surface area contributed by atoms with Crippen molar-refractivity contribution < 1.29 is 18.0 Å². The first-order valence-electron chi connectivity index (χ1n) is 13.3. The molecule has 1 aromatic carbocycles. The van der Waals surface area contributed by atoms with E-state index in [0.717, 1.165) is 68.2 Å². The van der Waals surface area contributed by atoms with Gasteiger partial charge in [-0.05, 0) is 61.1 Å². The Hall–Kier alpha value is -3.73. The van der Waals surface area contributed by atoms with E-state index in [1.807, 2.05) is 29.2 Å². The predicted molar refractivity (Wildman–Crippen MR) is 143 cm³/mol. The van der Waals surface area contributed by atoms with Crippen LogP contribution in [0.5, 0.6) is 0 Å². The van der Waals surface area contributed by atoms with E-state index in [4.69, 9.17) is 5.73 Å².